The average molecular weight is 396 g/mol. The third kappa shape index (κ3) is 5.18. The number of hydrogen-bond acceptors (Lipinski definition) is 4. The lowest BCUT2D eigenvalue weighted by Crippen LogP contribution is -2.10. The fourth-order valence-corrected chi connectivity index (χ4v) is 4.04. The normalized spacial score (nSPS) is 11.3. The molecule has 0 aliphatic heterocycles. The highest BCUT2D eigenvalue weighted by Gasteiger charge is 2.17. The van der Waals surface area contributed by atoms with E-state index in [1.165, 1.54) is 7.11 Å². The van der Waals surface area contributed by atoms with Crippen LogP contribution in [0.2, 0.25) is 10.0 Å². The minimum Gasteiger partial charge on any atom is -0.465 e. The Kier molecular flexibility index (Phi) is 7.24. The number of esters is 1. The predicted molar refractivity (Wildman–Crippen MR) is 106 cm³/mol. The van der Waals surface area contributed by atoms with Gasteiger partial charge in [0.15, 0.2) is 0 Å². The number of carbonyl (C=O) groups is 1. The molecule has 0 spiro atoms. The van der Waals surface area contributed by atoms with Gasteiger partial charge < -0.3 is 9.64 Å². The van der Waals surface area contributed by atoms with Gasteiger partial charge >= 0.3 is 5.97 Å². The van der Waals surface area contributed by atoms with Crippen molar-refractivity contribution >= 4 is 46.5 Å². The maximum Gasteiger partial charge on any atom is 0.339 e. The van der Waals surface area contributed by atoms with Crippen molar-refractivity contribution in [3.8, 4) is 0 Å². The summed E-state index contributed by atoms with van der Waals surface area (Å²) in [5.41, 5.74) is 2.19. The maximum atomic E-state index is 12.2. The lowest BCUT2D eigenvalue weighted by molar-refractivity contribution is -0.133. The second-order valence-electron chi connectivity index (χ2n) is 5.48. The summed E-state index contributed by atoms with van der Waals surface area (Å²) in [6.07, 6.45) is 1.76. The van der Waals surface area contributed by atoms with Gasteiger partial charge in [0.25, 0.3) is 0 Å². The Labute approximate surface area is 162 Å². The van der Waals surface area contributed by atoms with Gasteiger partial charge in [0.1, 0.15) is 0 Å². The molecule has 2 rings (SSSR count). The second kappa shape index (κ2) is 9.18. The van der Waals surface area contributed by atoms with Gasteiger partial charge in [0, 0.05) is 46.6 Å². The second-order valence-corrected chi connectivity index (χ2v) is 7.31. The molecule has 0 amide bonds. The molecule has 2 aromatic rings. The molecule has 2 aromatic carbocycles. The van der Waals surface area contributed by atoms with Crippen LogP contribution in [0.25, 0.3) is 5.57 Å². The van der Waals surface area contributed by atoms with E-state index in [-0.39, 0.29) is 5.97 Å². The molecular weight excluding hydrogens is 377 g/mol. The summed E-state index contributed by atoms with van der Waals surface area (Å²) in [7, 11) is 5.11. The Bertz CT molecular complexity index is 770. The summed E-state index contributed by atoms with van der Waals surface area (Å²) < 4.78 is 4.94. The van der Waals surface area contributed by atoms with E-state index < -0.39 is 0 Å². The van der Waals surface area contributed by atoms with Crippen LogP contribution in [0.15, 0.2) is 53.6 Å². The lowest BCUT2D eigenvalue weighted by Gasteiger charge is -2.14. The zero-order valence-electron chi connectivity index (χ0n) is 14.3. The molecule has 0 saturated heterocycles. The van der Waals surface area contributed by atoms with E-state index in [4.69, 9.17) is 27.9 Å². The molecule has 3 nitrogen and oxygen atoms in total. The van der Waals surface area contributed by atoms with Crippen LogP contribution < -0.4 is 0 Å². The first-order chi connectivity index (χ1) is 11.9. The first-order valence-electron chi connectivity index (χ1n) is 7.55. The van der Waals surface area contributed by atoms with Crippen LogP contribution >= 0.6 is 35.0 Å². The summed E-state index contributed by atoms with van der Waals surface area (Å²) in [5.74, 6) is 0.226. The molecule has 0 bridgehead atoms. The first-order valence-corrected chi connectivity index (χ1v) is 9.30. The smallest absolute Gasteiger partial charge is 0.339 e. The van der Waals surface area contributed by atoms with Crippen molar-refractivity contribution in [2.75, 3.05) is 21.2 Å². The molecule has 0 atom stereocenters. The van der Waals surface area contributed by atoms with Crippen molar-refractivity contribution in [2.24, 2.45) is 0 Å². The van der Waals surface area contributed by atoms with Gasteiger partial charge in [-0.25, -0.2) is 4.79 Å². The molecule has 6 heteroatoms. The lowest BCUT2D eigenvalue weighted by atomic mass is 10.1. The van der Waals surface area contributed by atoms with Crippen LogP contribution in [0.1, 0.15) is 11.1 Å². The highest BCUT2D eigenvalue weighted by Crippen LogP contribution is 2.35. The van der Waals surface area contributed by atoms with Gasteiger partial charge in [0.05, 0.1) is 12.7 Å². The topological polar surface area (TPSA) is 29.5 Å². The number of hydrogen-bond donors (Lipinski definition) is 0. The monoisotopic (exact) mass is 395 g/mol. The number of thioether (sulfide) groups is 1. The minimum absolute atomic E-state index is 0.377. The largest absolute Gasteiger partial charge is 0.465 e. The molecule has 0 heterocycles. The quantitative estimate of drug-likeness (QED) is 0.374. The highest BCUT2D eigenvalue weighted by molar-refractivity contribution is 7.98. The van der Waals surface area contributed by atoms with Crippen LogP contribution in [0, 0.1) is 0 Å². The molecule has 132 valence electrons. The Hall–Kier alpha value is -1.62. The maximum absolute atomic E-state index is 12.2. The molecule has 0 radical (unpaired) electrons. The summed E-state index contributed by atoms with van der Waals surface area (Å²) in [6.45, 7) is 0. The Balaban J connectivity index is 2.36. The van der Waals surface area contributed by atoms with Crippen LogP contribution in [0.5, 0.6) is 0 Å². The molecule has 0 aliphatic carbocycles. The van der Waals surface area contributed by atoms with Crippen molar-refractivity contribution in [1.82, 2.24) is 4.90 Å². The van der Waals surface area contributed by atoms with E-state index in [0.29, 0.717) is 21.4 Å². The van der Waals surface area contributed by atoms with Gasteiger partial charge in [-0.1, -0.05) is 47.5 Å². The van der Waals surface area contributed by atoms with E-state index in [1.54, 1.807) is 18.0 Å². The molecule has 0 fully saturated rings. The predicted octanol–water partition coefficient (Wildman–Crippen LogP) is 5.36. The van der Waals surface area contributed by atoms with Crippen molar-refractivity contribution in [3.05, 3.63) is 69.8 Å². The molecule has 25 heavy (non-hydrogen) atoms. The SMILES string of the molecule is COC(=O)C(=CN(C)C)c1ccccc1SCc1c(Cl)cccc1Cl. The summed E-state index contributed by atoms with van der Waals surface area (Å²) in [4.78, 5) is 15.0. The van der Waals surface area contributed by atoms with Crippen LogP contribution in [0.4, 0.5) is 0 Å². The van der Waals surface area contributed by atoms with Crippen LogP contribution in [0.3, 0.4) is 0 Å². The highest BCUT2D eigenvalue weighted by atomic mass is 35.5. The standard InChI is InChI=1S/C19H19Cl2NO2S/c1-22(2)11-14(19(23)24-3)13-7-4-5-10-18(13)25-12-15-16(20)8-6-9-17(15)21/h4-11H,12H2,1-3H3. The Morgan fingerprint density at radius 2 is 1.76 bits per heavy atom. The molecule has 0 unspecified atom stereocenters. The Morgan fingerprint density at radius 3 is 2.36 bits per heavy atom. The fourth-order valence-electron chi connectivity index (χ4n) is 2.24. The summed E-state index contributed by atoms with van der Waals surface area (Å²) >= 11 is 14.1. The van der Waals surface area contributed by atoms with Gasteiger partial charge in [-0.2, -0.15) is 0 Å². The van der Waals surface area contributed by atoms with Crippen molar-refractivity contribution < 1.29 is 9.53 Å². The average Bonchev–Trinajstić information content (AvgIpc) is 2.59. The number of nitrogens with zero attached hydrogens (tertiary/aromatic N) is 1. The van der Waals surface area contributed by atoms with Gasteiger partial charge in [-0.05, 0) is 23.8 Å². The van der Waals surface area contributed by atoms with Crippen molar-refractivity contribution in [2.45, 2.75) is 10.6 Å². The third-order valence-electron chi connectivity index (χ3n) is 3.40. The van der Waals surface area contributed by atoms with E-state index in [9.17, 15) is 4.79 Å². The molecule has 0 aromatic heterocycles. The number of halogens is 2. The number of methoxy groups -OCH3 is 1. The molecule has 0 N–H and O–H groups in total. The van der Waals surface area contributed by atoms with Gasteiger partial charge in [-0.3, -0.25) is 0 Å². The number of rotatable bonds is 6. The molecule has 0 aliphatic rings. The molecule has 0 saturated carbocycles. The Morgan fingerprint density at radius 1 is 1.12 bits per heavy atom. The number of benzene rings is 2. The zero-order valence-corrected chi connectivity index (χ0v) is 16.6. The first kappa shape index (κ1) is 19.7. The van der Waals surface area contributed by atoms with Crippen LogP contribution in [-0.2, 0) is 15.3 Å². The van der Waals surface area contributed by atoms with Gasteiger partial charge in [-0.15, -0.1) is 11.8 Å². The van der Waals surface area contributed by atoms with E-state index in [2.05, 4.69) is 0 Å². The van der Waals surface area contributed by atoms with Crippen molar-refractivity contribution in [1.29, 1.82) is 0 Å². The molecular formula is C19H19Cl2NO2S. The van der Waals surface area contributed by atoms with E-state index >= 15 is 0 Å². The fraction of sp³-hybridized carbons (Fsp3) is 0.211. The number of ether oxygens (including phenoxy) is 1. The minimum atomic E-state index is -0.377. The third-order valence-corrected chi connectivity index (χ3v) is 5.21. The van der Waals surface area contributed by atoms with Crippen molar-refractivity contribution in [3.63, 3.8) is 0 Å². The van der Waals surface area contributed by atoms with Crippen LogP contribution in [-0.4, -0.2) is 32.1 Å². The number of carbonyl (C=O) groups excluding carboxylic acids is 1. The summed E-state index contributed by atoms with van der Waals surface area (Å²) in [5, 5.41) is 1.27. The van der Waals surface area contributed by atoms with E-state index in [1.807, 2.05) is 61.5 Å². The summed E-state index contributed by atoms with van der Waals surface area (Å²) in [6, 6.07) is 13.2. The zero-order chi connectivity index (χ0) is 18.4. The van der Waals surface area contributed by atoms with E-state index in [0.717, 1.165) is 16.0 Å². The van der Waals surface area contributed by atoms with Gasteiger partial charge in [0.2, 0.25) is 0 Å².